The molecule has 0 aromatic heterocycles. The Bertz CT molecular complexity index is 309. The van der Waals surface area contributed by atoms with Crippen molar-refractivity contribution in [3.8, 4) is 0 Å². The SMILES string of the molecule is O=[PH+]Cc1ccccc1C(=O)O. The van der Waals surface area contributed by atoms with Crippen molar-refractivity contribution in [1.29, 1.82) is 0 Å². The van der Waals surface area contributed by atoms with E-state index in [4.69, 9.17) is 5.11 Å². The quantitative estimate of drug-likeness (QED) is 0.728. The lowest BCUT2D eigenvalue weighted by molar-refractivity contribution is 0.0696. The van der Waals surface area contributed by atoms with Crippen LogP contribution in [0.4, 0.5) is 0 Å². The van der Waals surface area contributed by atoms with Crippen LogP contribution in [-0.2, 0) is 10.7 Å². The first kappa shape index (κ1) is 8.88. The minimum atomic E-state index is -0.969. The molecular weight excluding hydrogens is 175 g/mol. The molecule has 12 heavy (non-hydrogen) atoms. The topological polar surface area (TPSA) is 54.4 Å². The van der Waals surface area contributed by atoms with Gasteiger partial charge in [0, 0.05) is 5.56 Å². The van der Waals surface area contributed by atoms with Gasteiger partial charge in [0.15, 0.2) is 6.16 Å². The molecule has 0 aliphatic heterocycles. The molecule has 0 heterocycles. The second-order valence-corrected chi connectivity index (χ2v) is 2.93. The maximum absolute atomic E-state index is 10.6. The van der Waals surface area contributed by atoms with E-state index in [1.807, 2.05) is 0 Å². The second kappa shape index (κ2) is 3.98. The molecule has 0 radical (unpaired) electrons. The van der Waals surface area contributed by atoms with E-state index in [2.05, 4.69) is 0 Å². The molecule has 0 aliphatic rings. The third-order valence-corrected chi connectivity index (χ3v) is 2.04. The fourth-order valence-electron chi connectivity index (χ4n) is 0.961. The number of rotatable bonds is 3. The van der Waals surface area contributed by atoms with Gasteiger partial charge in [0.1, 0.15) is 0 Å². The first-order valence-electron chi connectivity index (χ1n) is 3.42. The number of aromatic carboxylic acids is 1. The van der Waals surface area contributed by atoms with Crippen LogP contribution in [0.5, 0.6) is 0 Å². The molecule has 1 atom stereocenters. The van der Waals surface area contributed by atoms with Gasteiger partial charge >= 0.3 is 14.4 Å². The van der Waals surface area contributed by atoms with E-state index in [1.54, 1.807) is 18.2 Å². The number of carboxylic acids is 1. The fourth-order valence-corrected chi connectivity index (χ4v) is 1.42. The number of carboxylic acid groups (broad SMARTS) is 1. The highest BCUT2D eigenvalue weighted by Crippen LogP contribution is 2.14. The molecule has 0 fully saturated rings. The Hall–Kier alpha value is -1.21. The summed E-state index contributed by atoms with van der Waals surface area (Å²) in [7, 11) is -0.489. The Labute approximate surface area is 71.2 Å². The summed E-state index contributed by atoms with van der Waals surface area (Å²) in [4.78, 5) is 10.6. The zero-order valence-corrected chi connectivity index (χ0v) is 7.28. The van der Waals surface area contributed by atoms with Crippen LogP contribution in [-0.4, -0.2) is 11.1 Å². The van der Waals surface area contributed by atoms with Crippen LogP contribution in [0.3, 0.4) is 0 Å². The summed E-state index contributed by atoms with van der Waals surface area (Å²) < 4.78 is 10.3. The van der Waals surface area contributed by atoms with Crippen molar-refractivity contribution in [3.05, 3.63) is 35.4 Å². The van der Waals surface area contributed by atoms with E-state index in [9.17, 15) is 9.36 Å². The molecule has 0 saturated carbocycles. The van der Waals surface area contributed by atoms with Crippen molar-refractivity contribution in [3.63, 3.8) is 0 Å². The third kappa shape index (κ3) is 1.89. The summed E-state index contributed by atoms with van der Waals surface area (Å²) in [6.07, 6.45) is 0.308. The Kier molecular flexibility index (Phi) is 2.94. The van der Waals surface area contributed by atoms with E-state index in [1.165, 1.54) is 6.07 Å². The number of hydrogen-bond donors (Lipinski definition) is 1. The average molecular weight is 183 g/mol. The van der Waals surface area contributed by atoms with E-state index in [0.717, 1.165) is 0 Å². The molecule has 1 unspecified atom stereocenters. The highest BCUT2D eigenvalue weighted by Gasteiger charge is 2.10. The van der Waals surface area contributed by atoms with Crippen molar-refractivity contribution in [1.82, 2.24) is 0 Å². The normalized spacial score (nSPS) is 10.0. The van der Waals surface area contributed by atoms with Gasteiger partial charge in [-0.1, -0.05) is 22.8 Å². The van der Waals surface area contributed by atoms with Crippen LogP contribution in [0.1, 0.15) is 15.9 Å². The first-order chi connectivity index (χ1) is 5.75. The maximum atomic E-state index is 10.6. The van der Waals surface area contributed by atoms with Crippen LogP contribution in [0.15, 0.2) is 24.3 Å². The molecular formula is C8H8O3P+. The predicted molar refractivity (Wildman–Crippen MR) is 46.1 cm³/mol. The van der Waals surface area contributed by atoms with Gasteiger partial charge in [-0.05, 0) is 6.07 Å². The van der Waals surface area contributed by atoms with Crippen LogP contribution in [0.25, 0.3) is 0 Å². The maximum Gasteiger partial charge on any atom is 0.336 e. The van der Waals surface area contributed by atoms with E-state index < -0.39 is 14.4 Å². The minimum absolute atomic E-state index is 0.237. The lowest BCUT2D eigenvalue weighted by atomic mass is 10.1. The van der Waals surface area contributed by atoms with E-state index in [-0.39, 0.29) is 5.56 Å². The van der Waals surface area contributed by atoms with E-state index >= 15 is 0 Å². The van der Waals surface area contributed by atoms with Gasteiger partial charge in [0.2, 0.25) is 0 Å². The van der Waals surface area contributed by atoms with Crippen molar-refractivity contribution in [2.24, 2.45) is 0 Å². The highest BCUT2D eigenvalue weighted by atomic mass is 31.1. The van der Waals surface area contributed by atoms with Gasteiger partial charge < -0.3 is 5.11 Å². The molecule has 0 amide bonds. The molecule has 0 spiro atoms. The molecule has 0 aliphatic carbocycles. The monoisotopic (exact) mass is 183 g/mol. The van der Waals surface area contributed by atoms with Gasteiger partial charge in [0.05, 0.1) is 5.56 Å². The van der Waals surface area contributed by atoms with Crippen LogP contribution >= 0.6 is 8.46 Å². The third-order valence-electron chi connectivity index (χ3n) is 1.51. The van der Waals surface area contributed by atoms with Gasteiger partial charge in [-0.25, -0.2) is 4.79 Å². The van der Waals surface area contributed by atoms with Crippen molar-refractivity contribution in [2.75, 3.05) is 0 Å². The van der Waals surface area contributed by atoms with Gasteiger partial charge in [0.25, 0.3) is 0 Å². The largest absolute Gasteiger partial charge is 0.478 e. The molecule has 1 rings (SSSR count). The molecule has 1 aromatic carbocycles. The number of carbonyl (C=O) groups is 1. The summed E-state index contributed by atoms with van der Waals surface area (Å²) in [5.74, 6) is -0.969. The summed E-state index contributed by atoms with van der Waals surface area (Å²) in [5, 5.41) is 8.69. The number of benzene rings is 1. The Morgan fingerprint density at radius 1 is 1.42 bits per heavy atom. The zero-order valence-electron chi connectivity index (χ0n) is 6.28. The molecule has 62 valence electrons. The van der Waals surface area contributed by atoms with E-state index in [0.29, 0.717) is 11.7 Å². The fraction of sp³-hybridized carbons (Fsp3) is 0.125. The first-order valence-corrected chi connectivity index (χ1v) is 4.53. The highest BCUT2D eigenvalue weighted by molar-refractivity contribution is 7.22. The zero-order chi connectivity index (χ0) is 8.97. The molecule has 0 bridgehead atoms. The summed E-state index contributed by atoms with van der Waals surface area (Å²) in [6.45, 7) is 0. The van der Waals surface area contributed by atoms with Crippen molar-refractivity contribution in [2.45, 2.75) is 6.16 Å². The summed E-state index contributed by atoms with van der Waals surface area (Å²) >= 11 is 0. The lowest BCUT2D eigenvalue weighted by Crippen LogP contribution is -1.99. The predicted octanol–water partition coefficient (Wildman–Crippen LogP) is 1.91. The Balaban J connectivity index is 3.07. The Morgan fingerprint density at radius 3 is 2.67 bits per heavy atom. The number of hydrogen-bond acceptors (Lipinski definition) is 2. The second-order valence-electron chi connectivity index (χ2n) is 2.28. The van der Waals surface area contributed by atoms with Gasteiger partial charge in [-0.15, -0.1) is 0 Å². The van der Waals surface area contributed by atoms with Crippen molar-refractivity contribution < 1.29 is 14.5 Å². The standard InChI is InChI=1S/C8H7O3P/c9-8(10)7-4-2-1-3-6(7)5-12-11/h1-4H,5H2,(H,9,10)/p+1. The molecule has 3 nitrogen and oxygen atoms in total. The van der Waals surface area contributed by atoms with Crippen LogP contribution in [0.2, 0.25) is 0 Å². The van der Waals surface area contributed by atoms with Gasteiger partial charge in [-0.2, -0.15) is 0 Å². The molecule has 1 N–H and O–H groups in total. The smallest absolute Gasteiger partial charge is 0.336 e. The summed E-state index contributed by atoms with van der Waals surface area (Å²) in [5.41, 5.74) is 0.860. The van der Waals surface area contributed by atoms with Gasteiger partial charge in [-0.3, -0.25) is 0 Å². The van der Waals surface area contributed by atoms with Crippen molar-refractivity contribution >= 4 is 14.4 Å². The molecule has 4 heteroatoms. The minimum Gasteiger partial charge on any atom is -0.478 e. The van der Waals surface area contributed by atoms with Crippen LogP contribution in [0, 0.1) is 0 Å². The lowest BCUT2D eigenvalue weighted by Gasteiger charge is -1.96. The average Bonchev–Trinajstić information content (AvgIpc) is 2.05. The summed E-state index contributed by atoms with van der Waals surface area (Å²) in [6, 6.07) is 6.58. The Morgan fingerprint density at radius 2 is 2.08 bits per heavy atom. The molecule has 1 aromatic rings. The van der Waals surface area contributed by atoms with Crippen LogP contribution < -0.4 is 0 Å². The molecule has 0 saturated heterocycles.